The van der Waals surface area contributed by atoms with E-state index in [0.29, 0.717) is 12.5 Å². The van der Waals surface area contributed by atoms with Crippen molar-refractivity contribution in [1.29, 1.82) is 5.26 Å². The maximum Gasteiger partial charge on any atom is 0.411 e. The van der Waals surface area contributed by atoms with Crippen molar-refractivity contribution in [2.75, 3.05) is 6.54 Å². The fourth-order valence-corrected chi connectivity index (χ4v) is 4.31. The maximum atomic E-state index is 14.9. The van der Waals surface area contributed by atoms with Crippen LogP contribution >= 0.6 is 0 Å². The van der Waals surface area contributed by atoms with Gasteiger partial charge in [-0.25, -0.2) is 19.6 Å². The number of nitrogens with zero attached hydrogens (tertiary/aromatic N) is 4. The predicted molar refractivity (Wildman–Crippen MR) is 139 cm³/mol. The number of hydrogen-bond acceptors (Lipinski definition) is 8. The van der Waals surface area contributed by atoms with Crippen molar-refractivity contribution >= 4 is 23.1 Å². The number of fused-ring (bicyclic) bond motifs is 1. The van der Waals surface area contributed by atoms with Gasteiger partial charge >= 0.3 is 18.0 Å². The second-order valence-electron chi connectivity index (χ2n) is 11.4. The van der Waals surface area contributed by atoms with Crippen molar-refractivity contribution in [1.82, 2.24) is 14.9 Å². The topological polar surface area (TPSA) is 115 Å². The summed E-state index contributed by atoms with van der Waals surface area (Å²) in [5.41, 5.74) is -1.88. The summed E-state index contributed by atoms with van der Waals surface area (Å²) in [6.07, 6.45) is -0.907. The third-order valence-electron chi connectivity index (χ3n) is 5.94. The van der Waals surface area contributed by atoms with Crippen LogP contribution in [0.3, 0.4) is 0 Å². The van der Waals surface area contributed by atoms with E-state index in [-0.39, 0.29) is 23.1 Å². The predicted octanol–water partition coefficient (Wildman–Crippen LogP) is 5.51. The van der Waals surface area contributed by atoms with Gasteiger partial charge in [0, 0.05) is 5.92 Å². The average Bonchev–Trinajstić information content (AvgIpc) is 3.19. The lowest BCUT2D eigenvalue weighted by atomic mass is 9.95. The molecule has 1 amide bonds. The molecule has 1 aromatic carbocycles. The van der Waals surface area contributed by atoms with Crippen molar-refractivity contribution in [3.05, 3.63) is 42.1 Å². The number of carbonyl (C=O) groups excluding carboxylic acids is 2. The van der Waals surface area contributed by atoms with Crippen molar-refractivity contribution in [2.24, 2.45) is 5.92 Å². The first kappa shape index (κ1) is 29.7. The molecule has 1 aliphatic heterocycles. The third kappa shape index (κ3) is 6.80. The van der Waals surface area contributed by atoms with Gasteiger partial charge in [0.25, 0.3) is 0 Å². The molecule has 1 saturated heterocycles. The lowest BCUT2D eigenvalue weighted by Crippen LogP contribution is -2.47. The molecule has 1 aromatic heterocycles. The van der Waals surface area contributed by atoms with E-state index in [9.17, 15) is 23.6 Å². The number of alkyl halides is 2. The van der Waals surface area contributed by atoms with Crippen LogP contribution in [0.4, 0.5) is 13.6 Å². The molecule has 0 radical (unpaired) electrons. The number of halogens is 2. The minimum absolute atomic E-state index is 0.137. The van der Waals surface area contributed by atoms with Crippen LogP contribution < -0.4 is 4.74 Å². The van der Waals surface area contributed by atoms with Crippen LogP contribution in [0, 0.1) is 17.2 Å². The molecular formula is C28H34F2N4O5. The number of aromatic nitrogens is 2. The quantitative estimate of drug-likeness (QED) is 0.345. The molecule has 0 aliphatic carbocycles. The van der Waals surface area contributed by atoms with E-state index < -0.39 is 58.8 Å². The zero-order valence-electron chi connectivity index (χ0n) is 23.2. The number of hydrogen-bond donors (Lipinski definition) is 0. The molecule has 3 atom stereocenters. The third-order valence-corrected chi connectivity index (χ3v) is 5.94. The molecule has 3 rings (SSSR count). The summed E-state index contributed by atoms with van der Waals surface area (Å²) in [6, 6.07) is 5.16. The molecule has 0 spiro atoms. The van der Waals surface area contributed by atoms with Gasteiger partial charge in [-0.1, -0.05) is 13.5 Å². The largest absolute Gasteiger partial charge is 0.471 e. The number of amides is 1. The number of nitriles is 1. The van der Waals surface area contributed by atoms with Crippen LogP contribution in [0.25, 0.3) is 11.0 Å². The molecular weight excluding hydrogens is 510 g/mol. The SMILES string of the molecule is C=CC(F)(F)c1nc2ccc(C#N)cc2nc1O[C@H]1CN(C(=O)OC(C)(C)C)[C@H](C(=O)OC(C)(C)C)[C@@H]1CC. The van der Waals surface area contributed by atoms with Gasteiger partial charge in [-0.15, -0.1) is 0 Å². The minimum atomic E-state index is -3.60. The Labute approximate surface area is 226 Å². The molecule has 1 fully saturated rings. The maximum absolute atomic E-state index is 14.9. The molecule has 2 aromatic rings. The molecule has 1 aliphatic rings. The second kappa shape index (κ2) is 10.8. The number of ether oxygens (including phenoxy) is 3. The summed E-state index contributed by atoms with van der Waals surface area (Å²) in [4.78, 5) is 36.0. The Morgan fingerprint density at radius 2 is 1.77 bits per heavy atom. The average molecular weight is 545 g/mol. The van der Waals surface area contributed by atoms with Crippen LogP contribution in [-0.4, -0.2) is 56.8 Å². The van der Waals surface area contributed by atoms with Gasteiger partial charge in [-0.3, -0.25) is 4.90 Å². The Morgan fingerprint density at radius 3 is 2.31 bits per heavy atom. The highest BCUT2D eigenvalue weighted by atomic mass is 19.3. The number of carbonyl (C=O) groups is 2. The summed E-state index contributed by atoms with van der Waals surface area (Å²) >= 11 is 0. The van der Waals surface area contributed by atoms with Gasteiger partial charge in [0.15, 0.2) is 5.69 Å². The Morgan fingerprint density at radius 1 is 1.13 bits per heavy atom. The zero-order valence-corrected chi connectivity index (χ0v) is 23.2. The standard InChI is InChI=1S/C28H34F2N4O5/c1-9-17-20(15-34(25(36)39-27(6,7)8)21(17)24(35)38-26(3,4)5)37-23-22(28(29,30)10-2)32-18-12-11-16(14-31)13-19(18)33-23/h10-13,17,20-21H,2,9,15H2,1,3-8H3/t17-,20+,21+/m1/s1. The molecule has 0 N–H and O–H groups in total. The first-order chi connectivity index (χ1) is 18.0. The first-order valence-corrected chi connectivity index (χ1v) is 12.6. The molecule has 210 valence electrons. The Kier molecular flexibility index (Phi) is 8.20. The molecule has 0 bridgehead atoms. The summed E-state index contributed by atoms with van der Waals surface area (Å²) in [7, 11) is 0. The Balaban J connectivity index is 2.10. The minimum Gasteiger partial charge on any atom is -0.471 e. The summed E-state index contributed by atoms with van der Waals surface area (Å²) in [5, 5.41) is 9.25. The van der Waals surface area contributed by atoms with Crippen LogP contribution in [0.2, 0.25) is 0 Å². The van der Waals surface area contributed by atoms with E-state index in [4.69, 9.17) is 14.2 Å². The van der Waals surface area contributed by atoms with Gasteiger partial charge in [0.2, 0.25) is 5.88 Å². The lowest BCUT2D eigenvalue weighted by Gasteiger charge is -2.31. The second-order valence-corrected chi connectivity index (χ2v) is 11.4. The Hall–Kier alpha value is -3.81. The van der Waals surface area contributed by atoms with Gasteiger partial charge < -0.3 is 14.2 Å². The van der Waals surface area contributed by atoms with Crippen molar-refractivity contribution in [2.45, 2.75) is 84.2 Å². The van der Waals surface area contributed by atoms with Gasteiger partial charge in [-0.2, -0.15) is 14.0 Å². The van der Waals surface area contributed by atoms with Crippen LogP contribution in [0.1, 0.15) is 66.1 Å². The summed E-state index contributed by atoms with van der Waals surface area (Å²) < 4.78 is 47.1. The number of likely N-dealkylation sites (tertiary alicyclic amines) is 1. The number of esters is 1. The van der Waals surface area contributed by atoms with E-state index in [1.165, 1.54) is 23.1 Å². The number of allylic oxidation sites excluding steroid dienone is 1. The van der Waals surface area contributed by atoms with E-state index in [1.807, 2.05) is 6.07 Å². The first-order valence-electron chi connectivity index (χ1n) is 12.6. The Bertz CT molecular complexity index is 1310. The van der Waals surface area contributed by atoms with E-state index in [0.717, 1.165) is 0 Å². The fourth-order valence-electron chi connectivity index (χ4n) is 4.31. The normalized spacial score (nSPS) is 19.9. The molecule has 0 saturated carbocycles. The molecule has 9 nitrogen and oxygen atoms in total. The summed E-state index contributed by atoms with van der Waals surface area (Å²) in [6.45, 7) is 15.1. The van der Waals surface area contributed by atoms with Crippen LogP contribution in [0.15, 0.2) is 30.9 Å². The van der Waals surface area contributed by atoms with Crippen molar-refractivity contribution < 1.29 is 32.6 Å². The van der Waals surface area contributed by atoms with Gasteiger partial charge in [-0.05, 0) is 72.2 Å². The number of rotatable bonds is 6. The molecule has 0 unspecified atom stereocenters. The van der Waals surface area contributed by atoms with E-state index in [2.05, 4.69) is 16.5 Å². The fraction of sp³-hybridized carbons (Fsp3) is 0.536. The highest BCUT2D eigenvalue weighted by Crippen LogP contribution is 2.38. The highest BCUT2D eigenvalue weighted by molar-refractivity contribution is 5.83. The van der Waals surface area contributed by atoms with Crippen molar-refractivity contribution in [3.8, 4) is 11.9 Å². The van der Waals surface area contributed by atoms with Crippen LogP contribution in [-0.2, 0) is 20.2 Å². The molecule has 39 heavy (non-hydrogen) atoms. The zero-order chi connectivity index (χ0) is 29.3. The summed E-state index contributed by atoms with van der Waals surface area (Å²) in [5.74, 6) is -5.38. The van der Waals surface area contributed by atoms with E-state index in [1.54, 1.807) is 48.5 Å². The van der Waals surface area contributed by atoms with E-state index >= 15 is 0 Å². The van der Waals surface area contributed by atoms with Gasteiger partial charge in [0.1, 0.15) is 23.3 Å². The van der Waals surface area contributed by atoms with Gasteiger partial charge in [0.05, 0.1) is 29.2 Å². The number of benzene rings is 1. The monoisotopic (exact) mass is 544 g/mol. The van der Waals surface area contributed by atoms with Crippen molar-refractivity contribution in [3.63, 3.8) is 0 Å². The smallest absolute Gasteiger partial charge is 0.411 e. The highest BCUT2D eigenvalue weighted by Gasteiger charge is 2.51. The van der Waals surface area contributed by atoms with Crippen LogP contribution in [0.5, 0.6) is 5.88 Å². The molecule has 2 heterocycles. The lowest BCUT2D eigenvalue weighted by molar-refractivity contribution is -0.161. The molecule has 11 heteroatoms.